The molecule has 1 atom stereocenters. The van der Waals surface area contributed by atoms with Crippen molar-refractivity contribution in [3.63, 3.8) is 0 Å². The van der Waals surface area contributed by atoms with E-state index in [2.05, 4.69) is 0 Å². The fourth-order valence-corrected chi connectivity index (χ4v) is 3.43. The van der Waals surface area contributed by atoms with Gasteiger partial charge in [-0.15, -0.1) is 0 Å². The molecule has 0 amide bonds. The Balaban J connectivity index is 1.76. The van der Waals surface area contributed by atoms with Crippen molar-refractivity contribution < 1.29 is 13.9 Å². The van der Waals surface area contributed by atoms with Gasteiger partial charge < -0.3 is 4.74 Å². The minimum atomic E-state index is -0.293. The SMILES string of the molecule is O=C1CC(Oc2cccc(F)c2)C12CCCCCC2. The Kier molecular flexibility index (Phi) is 3.29. The van der Waals surface area contributed by atoms with Crippen molar-refractivity contribution in [3.05, 3.63) is 30.1 Å². The van der Waals surface area contributed by atoms with Crippen LogP contribution in [0.2, 0.25) is 0 Å². The second-order valence-electron chi connectivity index (χ2n) is 5.76. The highest BCUT2D eigenvalue weighted by Gasteiger charge is 2.55. The molecule has 2 saturated carbocycles. The minimum absolute atomic E-state index is 0.0556. The summed E-state index contributed by atoms with van der Waals surface area (Å²) < 4.78 is 19.1. The molecule has 0 N–H and O–H groups in total. The minimum Gasteiger partial charge on any atom is -0.489 e. The van der Waals surface area contributed by atoms with Crippen molar-refractivity contribution in [1.29, 1.82) is 0 Å². The number of hydrogen-bond donors (Lipinski definition) is 0. The second kappa shape index (κ2) is 4.95. The van der Waals surface area contributed by atoms with Crippen molar-refractivity contribution in [2.45, 2.75) is 51.0 Å². The zero-order valence-electron chi connectivity index (χ0n) is 11.0. The van der Waals surface area contributed by atoms with E-state index >= 15 is 0 Å². The van der Waals surface area contributed by atoms with Crippen molar-refractivity contribution in [3.8, 4) is 5.75 Å². The number of halogens is 1. The first kappa shape index (κ1) is 12.6. The first-order chi connectivity index (χ1) is 9.21. The lowest BCUT2D eigenvalue weighted by atomic mass is 9.60. The van der Waals surface area contributed by atoms with Crippen molar-refractivity contribution in [2.24, 2.45) is 5.41 Å². The lowest BCUT2D eigenvalue weighted by Crippen LogP contribution is -2.56. The topological polar surface area (TPSA) is 26.3 Å². The molecule has 2 aliphatic carbocycles. The van der Waals surface area contributed by atoms with E-state index < -0.39 is 0 Å². The van der Waals surface area contributed by atoms with Gasteiger partial charge in [0, 0.05) is 12.5 Å². The number of ketones is 1. The number of ether oxygens (including phenoxy) is 1. The van der Waals surface area contributed by atoms with Crippen molar-refractivity contribution in [2.75, 3.05) is 0 Å². The number of rotatable bonds is 2. The van der Waals surface area contributed by atoms with E-state index in [1.54, 1.807) is 12.1 Å². The highest BCUT2D eigenvalue weighted by Crippen LogP contribution is 2.49. The van der Waals surface area contributed by atoms with Crippen LogP contribution in [0.4, 0.5) is 4.39 Å². The molecule has 102 valence electrons. The summed E-state index contributed by atoms with van der Waals surface area (Å²) in [5.41, 5.74) is -0.275. The van der Waals surface area contributed by atoms with Crippen LogP contribution in [-0.4, -0.2) is 11.9 Å². The van der Waals surface area contributed by atoms with Gasteiger partial charge in [0.05, 0.1) is 5.41 Å². The standard InChI is InChI=1S/C16H19FO2/c17-12-6-5-7-13(10-12)19-15-11-14(18)16(15)8-3-1-2-4-9-16/h5-7,10,15H,1-4,8-9,11H2. The highest BCUT2D eigenvalue weighted by molar-refractivity contribution is 5.92. The van der Waals surface area contributed by atoms with Crippen LogP contribution in [-0.2, 0) is 4.79 Å². The molecule has 19 heavy (non-hydrogen) atoms. The lowest BCUT2D eigenvalue weighted by molar-refractivity contribution is -0.154. The van der Waals surface area contributed by atoms with E-state index in [0.717, 1.165) is 25.7 Å². The summed E-state index contributed by atoms with van der Waals surface area (Å²) >= 11 is 0. The molecule has 0 heterocycles. The molecular formula is C16H19FO2. The molecule has 1 unspecified atom stereocenters. The molecule has 2 nitrogen and oxygen atoms in total. The average molecular weight is 262 g/mol. The van der Waals surface area contributed by atoms with Crippen LogP contribution in [0, 0.1) is 11.2 Å². The van der Waals surface area contributed by atoms with Gasteiger partial charge in [-0.05, 0) is 25.0 Å². The summed E-state index contributed by atoms with van der Waals surface area (Å²) in [6.07, 6.45) is 6.93. The first-order valence-corrected chi connectivity index (χ1v) is 7.16. The van der Waals surface area contributed by atoms with Crippen LogP contribution in [0.1, 0.15) is 44.9 Å². The molecular weight excluding hydrogens is 243 g/mol. The zero-order valence-corrected chi connectivity index (χ0v) is 11.0. The summed E-state index contributed by atoms with van der Waals surface area (Å²) in [6, 6.07) is 6.20. The zero-order chi connectivity index (χ0) is 13.3. The summed E-state index contributed by atoms with van der Waals surface area (Å²) in [5, 5.41) is 0. The van der Waals surface area contributed by atoms with Gasteiger partial charge in [-0.1, -0.05) is 31.7 Å². The molecule has 1 spiro atoms. The van der Waals surface area contributed by atoms with Crippen molar-refractivity contribution in [1.82, 2.24) is 0 Å². The number of hydrogen-bond acceptors (Lipinski definition) is 2. The molecule has 2 aliphatic rings. The van der Waals surface area contributed by atoms with Crippen molar-refractivity contribution >= 4 is 5.78 Å². The quantitative estimate of drug-likeness (QED) is 0.808. The number of carbonyl (C=O) groups excluding carboxylic acids is 1. The number of benzene rings is 1. The summed E-state index contributed by atoms with van der Waals surface area (Å²) in [6.45, 7) is 0. The van der Waals surface area contributed by atoms with Crippen LogP contribution in [0.5, 0.6) is 5.75 Å². The second-order valence-corrected chi connectivity index (χ2v) is 5.76. The van der Waals surface area contributed by atoms with Crippen LogP contribution in [0.25, 0.3) is 0 Å². The smallest absolute Gasteiger partial charge is 0.146 e. The predicted octanol–water partition coefficient (Wildman–Crippen LogP) is 3.89. The molecule has 3 heteroatoms. The van der Waals surface area contributed by atoms with Crippen LogP contribution >= 0.6 is 0 Å². The molecule has 0 bridgehead atoms. The van der Waals surface area contributed by atoms with Crippen LogP contribution in [0.3, 0.4) is 0 Å². The Labute approximate surface area is 113 Å². The van der Waals surface area contributed by atoms with Gasteiger partial charge in [0.25, 0.3) is 0 Å². The largest absolute Gasteiger partial charge is 0.489 e. The Morgan fingerprint density at radius 1 is 1.16 bits per heavy atom. The molecule has 1 aromatic rings. The molecule has 0 aromatic heterocycles. The van der Waals surface area contributed by atoms with E-state index in [1.807, 2.05) is 0 Å². The van der Waals surface area contributed by atoms with Crippen LogP contribution in [0.15, 0.2) is 24.3 Å². The Morgan fingerprint density at radius 2 is 1.89 bits per heavy atom. The van der Waals surface area contributed by atoms with E-state index in [1.165, 1.54) is 25.0 Å². The normalized spacial score (nSPS) is 25.7. The Hall–Kier alpha value is -1.38. The van der Waals surface area contributed by atoms with E-state index in [-0.39, 0.29) is 17.3 Å². The van der Waals surface area contributed by atoms with Gasteiger partial charge >= 0.3 is 0 Å². The molecule has 0 aliphatic heterocycles. The van der Waals surface area contributed by atoms with Gasteiger partial charge in [0.2, 0.25) is 0 Å². The van der Waals surface area contributed by atoms with E-state index in [9.17, 15) is 9.18 Å². The number of carbonyl (C=O) groups is 1. The predicted molar refractivity (Wildman–Crippen MR) is 70.6 cm³/mol. The van der Waals surface area contributed by atoms with Gasteiger partial charge in [-0.2, -0.15) is 0 Å². The van der Waals surface area contributed by atoms with E-state index in [4.69, 9.17) is 4.74 Å². The van der Waals surface area contributed by atoms with Crippen LogP contribution < -0.4 is 4.74 Å². The third kappa shape index (κ3) is 2.26. The first-order valence-electron chi connectivity index (χ1n) is 7.16. The molecule has 0 saturated heterocycles. The Bertz CT molecular complexity index is 475. The maximum atomic E-state index is 13.2. The molecule has 0 radical (unpaired) electrons. The fraction of sp³-hybridized carbons (Fsp3) is 0.562. The maximum absolute atomic E-state index is 13.2. The molecule has 1 aromatic carbocycles. The van der Waals surface area contributed by atoms with Gasteiger partial charge in [-0.3, -0.25) is 4.79 Å². The Morgan fingerprint density at radius 3 is 2.53 bits per heavy atom. The average Bonchev–Trinajstić information content (AvgIpc) is 2.66. The summed E-state index contributed by atoms with van der Waals surface area (Å²) in [7, 11) is 0. The van der Waals surface area contributed by atoms with Gasteiger partial charge in [0.1, 0.15) is 23.5 Å². The third-order valence-corrected chi connectivity index (χ3v) is 4.61. The van der Waals surface area contributed by atoms with Gasteiger partial charge in [-0.25, -0.2) is 4.39 Å². The summed E-state index contributed by atoms with van der Waals surface area (Å²) in [4.78, 5) is 12.1. The highest BCUT2D eigenvalue weighted by atomic mass is 19.1. The molecule has 2 fully saturated rings. The fourth-order valence-electron chi connectivity index (χ4n) is 3.43. The maximum Gasteiger partial charge on any atom is 0.146 e. The third-order valence-electron chi connectivity index (χ3n) is 4.61. The number of Topliss-reactive ketones (excluding diaryl/α,β-unsaturated/α-hetero) is 1. The summed E-state index contributed by atoms with van der Waals surface area (Å²) in [5.74, 6) is 0.593. The monoisotopic (exact) mass is 262 g/mol. The van der Waals surface area contributed by atoms with Gasteiger partial charge in [0.15, 0.2) is 0 Å². The lowest BCUT2D eigenvalue weighted by Gasteiger charge is -2.47. The molecule has 3 rings (SSSR count). The van der Waals surface area contributed by atoms with E-state index in [0.29, 0.717) is 18.0 Å².